The van der Waals surface area contributed by atoms with Crippen LogP contribution in [0.25, 0.3) is 0 Å². The average molecular weight is 401 g/mol. The van der Waals surface area contributed by atoms with E-state index in [-0.39, 0.29) is 6.03 Å². The maximum absolute atomic E-state index is 12.8. The fourth-order valence-corrected chi connectivity index (χ4v) is 4.49. The number of hydrogen-bond acceptors (Lipinski definition) is 4. The number of para-hydroxylation sites is 1. The topological polar surface area (TPSA) is 75.7 Å². The third-order valence-corrected chi connectivity index (χ3v) is 6.48. The highest BCUT2D eigenvalue weighted by molar-refractivity contribution is 7.90. The van der Waals surface area contributed by atoms with Gasteiger partial charge in [-0.3, -0.25) is 0 Å². The molecule has 0 atom stereocenters. The van der Waals surface area contributed by atoms with Gasteiger partial charge in [0, 0.05) is 19.3 Å². The second-order valence-electron chi connectivity index (χ2n) is 7.37. The van der Waals surface area contributed by atoms with Gasteiger partial charge < -0.3 is 15.0 Å². The van der Waals surface area contributed by atoms with Gasteiger partial charge in [-0.25, -0.2) is 13.2 Å². The lowest BCUT2D eigenvalue weighted by Crippen LogP contribution is -2.37. The van der Waals surface area contributed by atoms with E-state index in [4.69, 9.17) is 4.74 Å². The largest absolute Gasteiger partial charge is 0.491 e. The summed E-state index contributed by atoms with van der Waals surface area (Å²) in [6, 6.07) is 10.9. The molecule has 0 aliphatic carbocycles. The molecule has 0 saturated carbocycles. The van der Waals surface area contributed by atoms with E-state index in [2.05, 4.69) is 5.32 Å². The van der Waals surface area contributed by atoms with Gasteiger partial charge in [0.05, 0.1) is 17.2 Å². The van der Waals surface area contributed by atoms with Crippen molar-refractivity contribution < 1.29 is 17.9 Å². The molecule has 7 heteroatoms. The van der Waals surface area contributed by atoms with Crippen molar-refractivity contribution in [1.29, 1.82) is 0 Å². The number of carbonyl (C=O) groups excluding carboxylic acids is 1. The summed E-state index contributed by atoms with van der Waals surface area (Å²) in [6.07, 6.45) is 4.50. The van der Waals surface area contributed by atoms with Gasteiger partial charge in [0.25, 0.3) is 0 Å². The summed E-state index contributed by atoms with van der Waals surface area (Å²) in [5.41, 5.74) is 3.94. The van der Waals surface area contributed by atoms with Crippen LogP contribution < -0.4 is 10.1 Å². The number of urea groups is 1. The predicted molar refractivity (Wildman–Crippen MR) is 108 cm³/mol. The lowest BCUT2D eigenvalue weighted by atomic mass is 10.0. The monoisotopic (exact) mass is 400 g/mol. The van der Waals surface area contributed by atoms with Crippen LogP contribution in [0.15, 0.2) is 41.3 Å². The van der Waals surface area contributed by atoms with E-state index in [1.165, 1.54) is 6.26 Å². The zero-order valence-electron chi connectivity index (χ0n) is 15.9. The summed E-state index contributed by atoms with van der Waals surface area (Å²) in [7, 11) is -3.23. The van der Waals surface area contributed by atoms with Crippen molar-refractivity contribution in [3.05, 3.63) is 53.1 Å². The van der Waals surface area contributed by atoms with Crippen LogP contribution in [0.2, 0.25) is 0 Å². The van der Waals surface area contributed by atoms with Crippen molar-refractivity contribution in [3.8, 4) is 5.75 Å². The second-order valence-corrected chi connectivity index (χ2v) is 9.38. The van der Waals surface area contributed by atoms with Gasteiger partial charge in [-0.05, 0) is 60.6 Å². The Morgan fingerprint density at radius 2 is 1.82 bits per heavy atom. The fourth-order valence-electron chi connectivity index (χ4n) is 3.82. The number of nitrogens with zero attached hydrogens (tertiary/aromatic N) is 1. The number of anilines is 1. The number of hydrogen-bond donors (Lipinski definition) is 1. The third-order valence-electron chi connectivity index (χ3n) is 5.37. The number of rotatable bonds is 2. The van der Waals surface area contributed by atoms with E-state index >= 15 is 0 Å². The SMILES string of the molecule is CS(=O)(=O)c1ccc2c(c1)CCN(C(=O)Nc1cccc3c1OCCC3)CC2. The minimum atomic E-state index is -3.23. The Labute approximate surface area is 165 Å². The molecule has 2 aromatic carbocycles. The van der Waals surface area contributed by atoms with Crippen molar-refractivity contribution in [3.63, 3.8) is 0 Å². The molecule has 0 radical (unpaired) electrons. The predicted octanol–water partition coefficient (Wildman–Crippen LogP) is 3.05. The Kier molecular flexibility index (Phi) is 5.02. The molecule has 4 rings (SSSR count). The minimum Gasteiger partial charge on any atom is -0.491 e. The molecule has 6 nitrogen and oxygen atoms in total. The van der Waals surface area contributed by atoms with Crippen LogP contribution in [0.5, 0.6) is 5.75 Å². The van der Waals surface area contributed by atoms with Crippen molar-refractivity contribution in [2.45, 2.75) is 30.6 Å². The van der Waals surface area contributed by atoms with Crippen molar-refractivity contribution in [2.75, 3.05) is 31.3 Å². The first-order valence-corrected chi connectivity index (χ1v) is 11.4. The maximum Gasteiger partial charge on any atom is 0.321 e. The quantitative estimate of drug-likeness (QED) is 0.841. The molecule has 0 fully saturated rings. The average Bonchev–Trinajstić information content (AvgIpc) is 2.90. The van der Waals surface area contributed by atoms with Crippen LogP contribution in [0, 0.1) is 0 Å². The van der Waals surface area contributed by atoms with E-state index in [9.17, 15) is 13.2 Å². The first-order chi connectivity index (χ1) is 13.4. The summed E-state index contributed by atoms with van der Waals surface area (Å²) in [5.74, 6) is 0.776. The summed E-state index contributed by atoms with van der Waals surface area (Å²) in [6.45, 7) is 1.80. The van der Waals surface area contributed by atoms with Crippen molar-refractivity contribution in [2.24, 2.45) is 0 Å². The van der Waals surface area contributed by atoms with Crippen LogP contribution >= 0.6 is 0 Å². The standard InChI is InChI=1S/C21H24N2O4S/c1-28(25,26)18-8-7-15-9-11-23(12-10-17(15)14-18)21(24)22-19-6-2-4-16-5-3-13-27-20(16)19/h2,4,6-8,14H,3,5,9-13H2,1H3,(H,22,24). The Hall–Kier alpha value is -2.54. The van der Waals surface area contributed by atoms with Crippen molar-refractivity contribution >= 4 is 21.6 Å². The molecule has 28 heavy (non-hydrogen) atoms. The van der Waals surface area contributed by atoms with E-state index in [1.54, 1.807) is 17.0 Å². The number of fused-ring (bicyclic) bond motifs is 2. The lowest BCUT2D eigenvalue weighted by Gasteiger charge is -2.24. The molecule has 0 aromatic heterocycles. The molecule has 2 amide bonds. The summed E-state index contributed by atoms with van der Waals surface area (Å²) >= 11 is 0. The van der Waals surface area contributed by atoms with Crippen LogP contribution in [0.4, 0.5) is 10.5 Å². The highest BCUT2D eigenvalue weighted by Gasteiger charge is 2.22. The molecule has 1 N–H and O–H groups in total. The van der Waals surface area contributed by atoms with Crippen LogP contribution in [-0.4, -0.2) is 45.3 Å². The zero-order valence-corrected chi connectivity index (χ0v) is 16.7. The van der Waals surface area contributed by atoms with Crippen LogP contribution in [0.3, 0.4) is 0 Å². The molecule has 0 bridgehead atoms. The summed E-state index contributed by atoms with van der Waals surface area (Å²) in [4.78, 5) is 15.0. The molecule has 148 valence electrons. The molecule has 0 unspecified atom stereocenters. The van der Waals surface area contributed by atoms with Gasteiger partial charge in [-0.15, -0.1) is 0 Å². The Balaban J connectivity index is 1.48. The number of nitrogens with one attached hydrogen (secondary N) is 1. The maximum atomic E-state index is 12.8. The molecule has 2 aliphatic heterocycles. The Morgan fingerprint density at radius 3 is 2.61 bits per heavy atom. The summed E-state index contributed by atoms with van der Waals surface area (Å²) in [5, 5.41) is 3.00. The van der Waals surface area contributed by atoms with Gasteiger partial charge >= 0.3 is 6.03 Å². The van der Waals surface area contributed by atoms with Gasteiger partial charge in [0.15, 0.2) is 9.84 Å². The molecule has 2 aromatic rings. The van der Waals surface area contributed by atoms with E-state index in [0.717, 1.165) is 35.3 Å². The van der Waals surface area contributed by atoms with E-state index in [1.807, 2.05) is 24.3 Å². The lowest BCUT2D eigenvalue weighted by molar-refractivity contribution is 0.214. The van der Waals surface area contributed by atoms with E-state index < -0.39 is 9.84 Å². The molecule has 0 saturated heterocycles. The molecular weight excluding hydrogens is 376 g/mol. The minimum absolute atomic E-state index is 0.154. The number of sulfone groups is 1. The summed E-state index contributed by atoms with van der Waals surface area (Å²) < 4.78 is 29.4. The van der Waals surface area contributed by atoms with Gasteiger partial charge in [0.2, 0.25) is 0 Å². The number of carbonyl (C=O) groups is 1. The van der Waals surface area contributed by atoms with Crippen LogP contribution in [0.1, 0.15) is 23.1 Å². The Morgan fingerprint density at radius 1 is 1.04 bits per heavy atom. The number of amides is 2. The zero-order chi connectivity index (χ0) is 19.7. The molecule has 2 heterocycles. The second kappa shape index (κ2) is 7.47. The van der Waals surface area contributed by atoms with Gasteiger partial charge in [-0.1, -0.05) is 18.2 Å². The van der Waals surface area contributed by atoms with Crippen LogP contribution in [-0.2, 0) is 29.1 Å². The Bertz CT molecular complexity index is 1020. The fraction of sp³-hybridized carbons (Fsp3) is 0.381. The first kappa shape index (κ1) is 18.8. The highest BCUT2D eigenvalue weighted by Crippen LogP contribution is 2.33. The highest BCUT2D eigenvalue weighted by atomic mass is 32.2. The molecule has 2 aliphatic rings. The first-order valence-electron chi connectivity index (χ1n) is 9.54. The number of benzene rings is 2. The third kappa shape index (κ3) is 3.85. The van der Waals surface area contributed by atoms with E-state index in [0.29, 0.717) is 43.1 Å². The van der Waals surface area contributed by atoms with Gasteiger partial charge in [-0.2, -0.15) is 0 Å². The smallest absolute Gasteiger partial charge is 0.321 e. The number of ether oxygens (including phenoxy) is 1. The normalized spacial score (nSPS) is 16.4. The number of aryl methyl sites for hydroxylation is 1. The van der Waals surface area contributed by atoms with Crippen molar-refractivity contribution in [1.82, 2.24) is 4.90 Å². The van der Waals surface area contributed by atoms with Gasteiger partial charge in [0.1, 0.15) is 5.75 Å². The molecular formula is C21H24N2O4S. The molecule has 0 spiro atoms.